The fraction of sp³-hybridized carbons (Fsp3) is 0.429. The first-order chi connectivity index (χ1) is 9.08. The zero-order chi connectivity index (χ0) is 14.3. The van der Waals surface area contributed by atoms with Crippen molar-refractivity contribution in [1.82, 2.24) is 5.32 Å². The van der Waals surface area contributed by atoms with Gasteiger partial charge in [-0.1, -0.05) is 25.5 Å². The maximum atomic E-state index is 12.0. The molecule has 0 aliphatic carbocycles. The molecule has 0 fully saturated rings. The fourth-order valence-electron chi connectivity index (χ4n) is 1.76. The van der Waals surface area contributed by atoms with Gasteiger partial charge in [0.05, 0.1) is 6.61 Å². The Bertz CT molecular complexity index is 445. The maximum absolute atomic E-state index is 12.0. The molecule has 0 saturated heterocycles. The number of carbonyl (C=O) groups is 2. The monoisotopic (exact) mass is 265 g/mol. The Balaban J connectivity index is 2.76. The Morgan fingerprint density at radius 1 is 1.42 bits per heavy atom. The third-order valence-corrected chi connectivity index (χ3v) is 2.68. The quantitative estimate of drug-likeness (QED) is 0.788. The molecule has 0 aliphatic rings. The number of benzene rings is 1. The lowest BCUT2D eigenvalue weighted by Crippen LogP contribution is -2.40. The number of ether oxygens (including phenoxy) is 1. The third kappa shape index (κ3) is 4.71. The van der Waals surface area contributed by atoms with Crippen LogP contribution in [0.15, 0.2) is 24.3 Å². The van der Waals surface area contributed by atoms with Crippen LogP contribution in [0.1, 0.15) is 35.7 Å². The molecule has 0 spiro atoms. The zero-order valence-electron chi connectivity index (χ0n) is 11.2. The van der Waals surface area contributed by atoms with E-state index in [4.69, 9.17) is 9.84 Å². The van der Waals surface area contributed by atoms with Gasteiger partial charge in [0.2, 0.25) is 0 Å². The summed E-state index contributed by atoms with van der Waals surface area (Å²) < 4.78 is 4.99. The minimum absolute atomic E-state index is 0.376. The molecule has 0 heterocycles. The third-order valence-electron chi connectivity index (χ3n) is 2.68. The Morgan fingerprint density at radius 2 is 2.16 bits per heavy atom. The summed E-state index contributed by atoms with van der Waals surface area (Å²) in [5, 5.41) is 11.5. The fourth-order valence-corrected chi connectivity index (χ4v) is 1.76. The van der Waals surface area contributed by atoms with Crippen LogP contribution in [0.25, 0.3) is 0 Å². The molecule has 0 unspecified atom stereocenters. The Morgan fingerprint density at radius 3 is 2.74 bits per heavy atom. The number of rotatable bonds is 7. The van der Waals surface area contributed by atoms with Gasteiger partial charge in [0, 0.05) is 12.7 Å². The van der Waals surface area contributed by atoms with Gasteiger partial charge in [-0.25, -0.2) is 4.79 Å². The predicted molar refractivity (Wildman–Crippen MR) is 71.0 cm³/mol. The van der Waals surface area contributed by atoms with Crippen LogP contribution in [0.3, 0.4) is 0 Å². The number of carboxylic acid groups (broad SMARTS) is 1. The number of carboxylic acids is 1. The van der Waals surface area contributed by atoms with Gasteiger partial charge in [-0.15, -0.1) is 0 Å². The number of nitrogens with one attached hydrogen (secondary N) is 1. The highest BCUT2D eigenvalue weighted by molar-refractivity contribution is 5.96. The van der Waals surface area contributed by atoms with Crippen LogP contribution in [-0.2, 0) is 16.1 Å². The molecule has 1 atom stereocenters. The van der Waals surface area contributed by atoms with Crippen LogP contribution < -0.4 is 5.32 Å². The number of hydrogen-bond donors (Lipinski definition) is 2. The summed E-state index contributed by atoms with van der Waals surface area (Å²) in [7, 11) is 1.58. The molecule has 0 aromatic heterocycles. The minimum Gasteiger partial charge on any atom is -0.480 e. The second kappa shape index (κ2) is 7.53. The number of hydrogen-bond acceptors (Lipinski definition) is 3. The highest BCUT2D eigenvalue weighted by Gasteiger charge is 2.19. The highest BCUT2D eigenvalue weighted by Crippen LogP contribution is 2.07. The van der Waals surface area contributed by atoms with Crippen molar-refractivity contribution >= 4 is 11.9 Å². The van der Waals surface area contributed by atoms with Gasteiger partial charge in [0.1, 0.15) is 6.04 Å². The molecule has 5 heteroatoms. The smallest absolute Gasteiger partial charge is 0.326 e. The molecule has 104 valence electrons. The molecule has 1 amide bonds. The molecule has 1 rings (SSSR count). The lowest BCUT2D eigenvalue weighted by Gasteiger charge is -2.13. The number of amides is 1. The van der Waals surface area contributed by atoms with Gasteiger partial charge >= 0.3 is 5.97 Å². The van der Waals surface area contributed by atoms with Gasteiger partial charge in [-0.3, -0.25) is 4.79 Å². The van der Waals surface area contributed by atoms with Crippen molar-refractivity contribution in [3.63, 3.8) is 0 Å². The van der Waals surface area contributed by atoms with E-state index in [0.29, 0.717) is 25.0 Å². The first-order valence-electron chi connectivity index (χ1n) is 6.20. The molecule has 0 aliphatic heterocycles. The Kier molecular flexibility index (Phi) is 6.02. The largest absolute Gasteiger partial charge is 0.480 e. The van der Waals surface area contributed by atoms with E-state index in [9.17, 15) is 9.59 Å². The number of aliphatic carboxylic acids is 1. The number of methoxy groups -OCH3 is 1. The summed E-state index contributed by atoms with van der Waals surface area (Å²) in [6.07, 6.45) is 1.11. The van der Waals surface area contributed by atoms with E-state index in [1.165, 1.54) is 0 Å². The molecule has 0 bridgehead atoms. The van der Waals surface area contributed by atoms with Gasteiger partial charge in [0.15, 0.2) is 0 Å². The molecule has 1 aromatic carbocycles. The van der Waals surface area contributed by atoms with Crippen molar-refractivity contribution in [1.29, 1.82) is 0 Å². The van der Waals surface area contributed by atoms with Gasteiger partial charge in [0.25, 0.3) is 5.91 Å². The Hall–Kier alpha value is -1.88. The average molecular weight is 265 g/mol. The standard InChI is InChI=1S/C14H19NO4/c1-3-5-12(14(17)18)15-13(16)11-7-4-6-10(8-11)9-19-2/h4,6-8,12H,3,5,9H2,1-2H3,(H,15,16)(H,17,18)/t12-/m1/s1. The summed E-state index contributed by atoms with van der Waals surface area (Å²) in [5.41, 5.74) is 1.31. The SMILES string of the molecule is CCC[C@@H](NC(=O)c1cccc(COC)c1)C(=O)O. The molecule has 5 nitrogen and oxygen atoms in total. The summed E-state index contributed by atoms with van der Waals surface area (Å²) in [6.45, 7) is 2.29. The maximum Gasteiger partial charge on any atom is 0.326 e. The summed E-state index contributed by atoms with van der Waals surface area (Å²) in [5.74, 6) is -1.39. The molecule has 19 heavy (non-hydrogen) atoms. The normalized spacial score (nSPS) is 11.9. The molecular weight excluding hydrogens is 246 g/mol. The number of carbonyl (C=O) groups excluding carboxylic acids is 1. The summed E-state index contributed by atoms with van der Waals surface area (Å²) >= 11 is 0. The average Bonchev–Trinajstić information content (AvgIpc) is 2.38. The van der Waals surface area contributed by atoms with Gasteiger partial charge in [-0.05, 0) is 24.1 Å². The van der Waals surface area contributed by atoms with Crippen molar-refractivity contribution in [3.05, 3.63) is 35.4 Å². The van der Waals surface area contributed by atoms with E-state index in [2.05, 4.69) is 5.32 Å². The molecule has 0 saturated carbocycles. The minimum atomic E-state index is -1.01. The van der Waals surface area contributed by atoms with Crippen LogP contribution in [0.5, 0.6) is 0 Å². The van der Waals surface area contributed by atoms with Crippen LogP contribution in [0.2, 0.25) is 0 Å². The zero-order valence-corrected chi connectivity index (χ0v) is 11.2. The van der Waals surface area contributed by atoms with Crippen molar-refractivity contribution in [2.24, 2.45) is 0 Å². The highest BCUT2D eigenvalue weighted by atomic mass is 16.5. The van der Waals surface area contributed by atoms with E-state index in [1.807, 2.05) is 13.0 Å². The van der Waals surface area contributed by atoms with E-state index in [1.54, 1.807) is 25.3 Å². The molecular formula is C14H19NO4. The predicted octanol–water partition coefficient (Wildman–Crippen LogP) is 1.82. The van der Waals surface area contributed by atoms with E-state index in [0.717, 1.165) is 5.56 Å². The van der Waals surface area contributed by atoms with Crippen LogP contribution >= 0.6 is 0 Å². The molecule has 1 aromatic rings. The van der Waals surface area contributed by atoms with E-state index >= 15 is 0 Å². The molecule has 2 N–H and O–H groups in total. The van der Waals surface area contributed by atoms with Gasteiger partial charge in [-0.2, -0.15) is 0 Å². The van der Waals surface area contributed by atoms with E-state index in [-0.39, 0.29) is 5.91 Å². The van der Waals surface area contributed by atoms with Crippen molar-refractivity contribution < 1.29 is 19.4 Å². The summed E-state index contributed by atoms with van der Waals surface area (Å²) in [6, 6.07) is 6.10. The van der Waals surface area contributed by atoms with Crippen molar-refractivity contribution in [2.45, 2.75) is 32.4 Å². The Labute approximate surface area is 112 Å². The lowest BCUT2D eigenvalue weighted by molar-refractivity contribution is -0.139. The molecule has 0 radical (unpaired) electrons. The summed E-state index contributed by atoms with van der Waals surface area (Å²) in [4.78, 5) is 23.0. The van der Waals surface area contributed by atoms with Crippen LogP contribution in [0, 0.1) is 0 Å². The second-order valence-electron chi connectivity index (χ2n) is 4.29. The second-order valence-corrected chi connectivity index (χ2v) is 4.29. The first-order valence-corrected chi connectivity index (χ1v) is 6.20. The topological polar surface area (TPSA) is 75.6 Å². The lowest BCUT2D eigenvalue weighted by atomic mass is 10.1. The van der Waals surface area contributed by atoms with E-state index < -0.39 is 12.0 Å². The van der Waals surface area contributed by atoms with Gasteiger partial charge < -0.3 is 15.2 Å². The van der Waals surface area contributed by atoms with Crippen molar-refractivity contribution in [3.8, 4) is 0 Å². The van der Waals surface area contributed by atoms with Crippen LogP contribution in [-0.4, -0.2) is 30.1 Å². The van der Waals surface area contributed by atoms with Crippen molar-refractivity contribution in [2.75, 3.05) is 7.11 Å². The first kappa shape index (κ1) is 15.2. The van der Waals surface area contributed by atoms with Crippen LogP contribution in [0.4, 0.5) is 0 Å².